The van der Waals surface area contributed by atoms with Gasteiger partial charge >= 0.3 is 0 Å². The maximum atomic E-state index is 11.7. The Morgan fingerprint density at radius 3 is 2.65 bits per heavy atom. The van der Waals surface area contributed by atoms with E-state index in [1.54, 1.807) is 0 Å². The second kappa shape index (κ2) is 5.03. The quantitative estimate of drug-likeness (QED) is 0.829. The third-order valence-corrected chi connectivity index (χ3v) is 3.49. The van der Waals surface area contributed by atoms with E-state index in [-0.39, 0.29) is 12.4 Å². The van der Waals surface area contributed by atoms with Crippen molar-refractivity contribution >= 4 is 23.8 Å². The highest BCUT2D eigenvalue weighted by Gasteiger charge is 2.23. The van der Waals surface area contributed by atoms with Crippen LogP contribution in [0.2, 0.25) is 0 Å². The molecule has 3 heteroatoms. The largest absolute Gasteiger partial charge is 0.313 e. The lowest BCUT2D eigenvalue weighted by atomic mass is 9.93. The van der Waals surface area contributed by atoms with E-state index in [0.717, 1.165) is 31.5 Å². The van der Waals surface area contributed by atoms with Gasteiger partial charge < -0.3 is 5.32 Å². The van der Waals surface area contributed by atoms with Gasteiger partial charge in [-0.15, -0.1) is 12.4 Å². The van der Waals surface area contributed by atoms with Crippen molar-refractivity contribution in [3.8, 4) is 0 Å². The normalized spacial score (nSPS) is 18.4. The first kappa shape index (κ1) is 12.3. The van der Waals surface area contributed by atoms with Crippen molar-refractivity contribution < 1.29 is 4.79 Å². The number of carbonyl (C=O) groups excluding carboxylic acids is 1. The number of hydrogen-bond donors (Lipinski definition) is 1. The summed E-state index contributed by atoms with van der Waals surface area (Å²) in [6.45, 7) is 2.00. The molecule has 1 aromatic rings. The summed E-state index contributed by atoms with van der Waals surface area (Å²) in [4.78, 5) is 11.7. The molecule has 0 amide bonds. The van der Waals surface area contributed by atoms with Gasteiger partial charge in [-0.3, -0.25) is 4.79 Å². The summed E-state index contributed by atoms with van der Waals surface area (Å²) in [6, 6.07) is 6.14. The minimum Gasteiger partial charge on any atom is -0.313 e. The zero-order valence-electron chi connectivity index (χ0n) is 9.66. The van der Waals surface area contributed by atoms with E-state index in [4.69, 9.17) is 0 Å². The zero-order valence-corrected chi connectivity index (χ0v) is 10.5. The second-order valence-electron chi connectivity index (χ2n) is 4.44. The minimum absolute atomic E-state index is 0. The van der Waals surface area contributed by atoms with Crippen LogP contribution in [-0.4, -0.2) is 18.9 Å². The van der Waals surface area contributed by atoms with Crippen molar-refractivity contribution in [2.75, 3.05) is 13.1 Å². The van der Waals surface area contributed by atoms with Crippen LogP contribution in [-0.2, 0) is 6.42 Å². The Morgan fingerprint density at radius 1 is 1.06 bits per heavy atom. The highest BCUT2D eigenvalue weighted by atomic mass is 35.5. The molecule has 1 aromatic carbocycles. The van der Waals surface area contributed by atoms with Gasteiger partial charge in [-0.2, -0.15) is 0 Å². The number of hydrogen-bond acceptors (Lipinski definition) is 2. The molecule has 90 valence electrons. The highest BCUT2D eigenvalue weighted by molar-refractivity contribution is 6.01. The fraction of sp³-hybridized carbons (Fsp3) is 0.357. The highest BCUT2D eigenvalue weighted by Crippen LogP contribution is 2.31. The lowest BCUT2D eigenvalue weighted by Crippen LogP contribution is -2.20. The molecule has 0 atom stereocenters. The molecule has 0 spiro atoms. The molecular formula is C14H16ClNO. The summed E-state index contributed by atoms with van der Waals surface area (Å²) < 4.78 is 0. The molecule has 0 saturated carbocycles. The molecule has 2 nitrogen and oxygen atoms in total. The van der Waals surface area contributed by atoms with Crippen LogP contribution in [0.3, 0.4) is 0 Å². The zero-order chi connectivity index (χ0) is 11.0. The second-order valence-corrected chi connectivity index (χ2v) is 4.44. The predicted octanol–water partition coefficient (Wildman–Crippen LogP) is 2.61. The molecule has 0 unspecified atom stereocenters. The number of halogens is 1. The Labute approximate surface area is 108 Å². The van der Waals surface area contributed by atoms with Crippen molar-refractivity contribution in [3.05, 3.63) is 41.0 Å². The maximum Gasteiger partial charge on any atom is 0.163 e. The number of Topliss-reactive ketones (excluding diaryl/α,β-unsaturated/α-hetero) is 1. The average Bonchev–Trinajstić information content (AvgIpc) is 2.73. The lowest BCUT2D eigenvalue weighted by molar-refractivity contribution is 0.0994. The standard InChI is InChI=1S/C14H15NO.ClH/c16-14-5-4-12-11(2-1-3-13(12)14)10-6-8-15-9-7-10;/h1-3,6,15H,4-5,7-9H2;1H. The van der Waals surface area contributed by atoms with E-state index in [1.165, 1.54) is 16.7 Å². The van der Waals surface area contributed by atoms with Crippen LogP contribution in [0.25, 0.3) is 5.57 Å². The van der Waals surface area contributed by atoms with Crippen LogP contribution < -0.4 is 5.32 Å². The van der Waals surface area contributed by atoms with Crippen molar-refractivity contribution in [1.29, 1.82) is 0 Å². The van der Waals surface area contributed by atoms with E-state index < -0.39 is 0 Å². The van der Waals surface area contributed by atoms with Crippen molar-refractivity contribution in [2.45, 2.75) is 19.3 Å². The van der Waals surface area contributed by atoms with Crippen LogP contribution in [0.5, 0.6) is 0 Å². The number of nitrogens with one attached hydrogen (secondary N) is 1. The maximum absolute atomic E-state index is 11.7. The molecule has 3 rings (SSSR count). The van der Waals surface area contributed by atoms with E-state index in [9.17, 15) is 4.79 Å². The Kier molecular flexibility index (Phi) is 3.65. The van der Waals surface area contributed by atoms with Gasteiger partial charge in [0, 0.05) is 18.5 Å². The van der Waals surface area contributed by atoms with E-state index >= 15 is 0 Å². The molecule has 17 heavy (non-hydrogen) atoms. The monoisotopic (exact) mass is 249 g/mol. The van der Waals surface area contributed by atoms with Gasteiger partial charge in [0.05, 0.1) is 0 Å². The van der Waals surface area contributed by atoms with Crippen LogP contribution in [0.1, 0.15) is 34.3 Å². The molecule has 1 aliphatic carbocycles. The van der Waals surface area contributed by atoms with Crippen molar-refractivity contribution in [2.24, 2.45) is 0 Å². The average molecular weight is 250 g/mol. The number of carbonyl (C=O) groups is 1. The Bertz CT molecular complexity index is 479. The summed E-state index contributed by atoms with van der Waals surface area (Å²) >= 11 is 0. The van der Waals surface area contributed by atoms with Crippen molar-refractivity contribution in [1.82, 2.24) is 5.32 Å². The summed E-state index contributed by atoms with van der Waals surface area (Å²) in [6.07, 6.45) is 4.94. The summed E-state index contributed by atoms with van der Waals surface area (Å²) in [5, 5.41) is 3.32. The molecule has 0 saturated heterocycles. The topological polar surface area (TPSA) is 29.1 Å². The molecule has 0 fully saturated rings. The van der Waals surface area contributed by atoms with E-state index in [0.29, 0.717) is 12.2 Å². The first-order chi connectivity index (χ1) is 7.86. The molecule has 0 radical (unpaired) electrons. The molecule has 0 aromatic heterocycles. The molecule has 1 heterocycles. The number of benzene rings is 1. The van der Waals surface area contributed by atoms with Crippen LogP contribution in [0, 0.1) is 0 Å². The molecule has 1 N–H and O–H groups in total. The van der Waals surface area contributed by atoms with Gasteiger partial charge in [0.25, 0.3) is 0 Å². The van der Waals surface area contributed by atoms with Gasteiger partial charge in [-0.05, 0) is 36.1 Å². The van der Waals surface area contributed by atoms with Crippen LogP contribution in [0.4, 0.5) is 0 Å². The van der Waals surface area contributed by atoms with Gasteiger partial charge in [0.2, 0.25) is 0 Å². The Balaban J connectivity index is 0.00000108. The summed E-state index contributed by atoms with van der Waals surface area (Å²) in [7, 11) is 0. The third-order valence-electron chi connectivity index (χ3n) is 3.49. The first-order valence-corrected chi connectivity index (χ1v) is 5.91. The van der Waals surface area contributed by atoms with Gasteiger partial charge in [-0.25, -0.2) is 0 Å². The summed E-state index contributed by atoms with van der Waals surface area (Å²) in [5.41, 5.74) is 4.95. The van der Waals surface area contributed by atoms with E-state index in [2.05, 4.69) is 17.5 Å². The molecule has 2 aliphatic rings. The number of fused-ring (bicyclic) bond motifs is 1. The SMILES string of the molecule is Cl.O=C1CCc2c1cccc2C1=CCNCC1. The lowest BCUT2D eigenvalue weighted by Gasteiger charge is -2.16. The van der Waals surface area contributed by atoms with E-state index in [1.807, 2.05) is 12.1 Å². The van der Waals surface area contributed by atoms with Crippen molar-refractivity contribution in [3.63, 3.8) is 0 Å². The van der Waals surface area contributed by atoms with Crippen LogP contribution >= 0.6 is 12.4 Å². The number of rotatable bonds is 1. The molecule has 1 aliphatic heterocycles. The smallest absolute Gasteiger partial charge is 0.163 e. The molecule has 0 bridgehead atoms. The number of ketones is 1. The Morgan fingerprint density at radius 2 is 1.88 bits per heavy atom. The fourth-order valence-corrected chi connectivity index (χ4v) is 2.66. The summed E-state index contributed by atoms with van der Waals surface area (Å²) in [5.74, 6) is 0.311. The fourth-order valence-electron chi connectivity index (χ4n) is 2.66. The van der Waals surface area contributed by atoms with Gasteiger partial charge in [-0.1, -0.05) is 24.3 Å². The Hall–Kier alpha value is -1.12. The third kappa shape index (κ3) is 2.15. The minimum atomic E-state index is 0. The van der Waals surface area contributed by atoms with Gasteiger partial charge in [0.15, 0.2) is 5.78 Å². The molecular weight excluding hydrogens is 234 g/mol. The van der Waals surface area contributed by atoms with Gasteiger partial charge in [0.1, 0.15) is 0 Å². The first-order valence-electron chi connectivity index (χ1n) is 5.91. The predicted molar refractivity (Wildman–Crippen MR) is 71.8 cm³/mol. The van der Waals surface area contributed by atoms with Crippen LogP contribution in [0.15, 0.2) is 24.3 Å².